The molecule has 0 aromatic heterocycles. The molecule has 120 valence electrons. The number of hydrogen-bond acceptors (Lipinski definition) is 3. The fourth-order valence-electron chi connectivity index (χ4n) is 2.20. The van der Waals surface area contributed by atoms with Crippen molar-refractivity contribution in [3.8, 4) is 5.75 Å². The monoisotopic (exact) mass is 292 g/mol. The summed E-state index contributed by atoms with van der Waals surface area (Å²) in [5, 5.41) is 0. The van der Waals surface area contributed by atoms with E-state index in [-0.39, 0.29) is 0 Å². The molecule has 0 aliphatic carbocycles. The van der Waals surface area contributed by atoms with Gasteiger partial charge in [-0.3, -0.25) is 0 Å². The number of ether oxygens (including phenoxy) is 1. The van der Waals surface area contributed by atoms with Crippen molar-refractivity contribution < 1.29 is 4.74 Å². The van der Waals surface area contributed by atoms with Crippen LogP contribution in [0.25, 0.3) is 0 Å². The van der Waals surface area contributed by atoms with Crippen LogP contribution in [0.5, 0.6) is 5.75 Å². The third-order valence-corrected chi connectivity index (χ3v) is 3.61. The van der Waals surface area contributed by atoms with Crippen molar-refractivity contribution in [2.24, 2.45) is 11.8 Å². The largest absolute Gasteiger partial charge is 0.492 e. The van der Waals surface area contributed by atoms with Gasteiger partial charge in [-0.05, 0) is 43.7 Å². The first-order valence-corrected chi connectivity index (χ1v) is 8.21. The normalized spacial score (nSPS) is 11.2. The van der Waals surface area contributed by atoms with Crippen molar-refractivity contribution >= 4 is 11.4 Å². The fourth-order valence-corrected chi connectivity index (χ4v) is 2.20. The smallest absolute Gasteiger partial charge is 0.144 e. The summed E-state index contributed by atoms with van der Waals surface area (Å²) in [5.41, 5.74) is 7.91. The molecule has 0 amide bonds. The molecule has 21 heavy (non-hydrogen) atoms. The Bertz CT molecular complexity index is 404. The van der Waals surface area contributed by atoms with E-state index < -0.39 is 0 Å². The summed E-state index contributed by atoms with van der Waals surface area (Å²) in [5.74, 6) is 2.23. The Kier molecular flexibility index (Phi) is 7.41. The minimum Gasteiger partial charge on any atom is -0.492 e. The molecule has 0 radical (unpaired) electrons. The highest BCUT2D eigenvalue weighted by Crippen LogP contribution is 2.28. The molecule has 3 heteroatoms. The van der Waals surface area contributed by atoms with Crippen molar-refractivity contribution in [2.45, 2.75) is 47.5 Å². The molecule has 0 aliphatic heterocycles. The molecule has 0 heterocycles. The predicted octanol–water partition coefficient (Wildman–Crippen LogP) is 4.57. The van der Waals surface area contributed by atoms with Crippen LogP contribution in [0.4, 0.5) is 11.4 Å². The van der Waals surface area contributed by atoms with Crippen molar-refractivity contribution in [3.05, 3.63) is 18.2 Å². The number of nitrogens with zero attached hydrogens (tertiary/aromatic N) is 1. The van der Waals surface area contributed by atoms with Crippen LogP contribution in [0.2, 0.25) is 0 Å². The zero-order chi connectivity index (χ0) is 15.8. The summed E-state index contributed by atoms with van der Waals surface area (Å²) < 4.78 is 5.63. The lowest BCUT2D eigenvalue weighted by Crippen LogP contribution is -2.27. The first-order valence-electron chi connectivity index (χ1n) is 8.21. The van der Waals surface area contributed by atoms with Gasteiger partial charge in [0.1, 0.15) is 5.75 Å². The number of nitrogen functional groups attached to an aromatic ring is 1. The summed E-state index contributed by atoms with van der Waals surface area (Å²) in [4.78, 5) is 2.46. The molecule has 3 nitrogen and oxygen atoms in total. The van der Waals surface area contributed by atoms with Gasteiger partial charge in [-0.25, -0.2) is 0 Å². The van der Waals surface area contributed by atoms with Gasteiger partial charge in [-0.1, -0.05) is 27.7 Å². The Morgan fingerprint density at radius 3 is 2.10 bits per heavy atom. The number of benzene rings is 1. The Morgan fingerprint density at radius 2 is 1.62 bits per heavy atom. The molecule has 0 aliphatic rings. The average Bonchev–Trinajstić information content (AvgIpc) is 2.41. The van der Waals surface area contributed by atoms with Gasteiger partial charge in [0.05, 0.1) is 12.3 Å². The quantitative estimate of drug-likeness (QED) is 0.678. The number of rotatable bonds is 9. The predicted molar refractivity (Wildman–Crippen MR) is 93.1 cm³/mol. The summed E-state index contributed by atoms with van der Waals surface area (Å²) in [6.45, 7) is 13.9. The van der Waals surface area contributed by atoms with E-state index in [0.717, 1.165) is 18.8 Å². The summed E-state index contributed by atoms with van der Waals surface area (Å²) >= 11 is 0. The van der Waals surface area contributed by atoms with Gasteiger partial charge in [0, 0.05) is 24.8 Å². The second-order valence-corrected chi connectivity index (χ2v) is 6.51. The fraction of sp³-hybridized carbons (Fsp3) is 0.667. The molecule has 0 fully saturated rings. The summed E-state index contributed by atoms with van der Waals surface area (Å²) in [6, 6.07) is 6.15. The number of hydrogen-bond donors (Lipinski definition) is 1. The highest BCUT2D eigenvalue weighted by Gasteiger charge is 2.11. The molecular formula is C18H32N2O. The van der Waals surface area contributed by atoms with Crippen molar-refractivity contribution in [1.82, 2.24) is 0 Å². The lowest BCUT2D eigenvalue weighted by Gasteiger charge is -2.27. The van der Waals surface area contributed by atoms with E-state index in [2.05, 4.69) is 44.7 Å². The van der Waals surface area contributed by atoms with Crippen LogP contribution >= 0.6 is 0 Å². The zero-order valence-corrected chi connectivity index (χ0v) is 14.4. The van der Waals surface area contributed by atoms with Crippen molar-refractivity contribution in [2.75, 3.05) is 30.3 Å². The third kappa shape index (κ3) is 6.28. The SMILES string of the molecule is CCOc1cc(N(CCC(C)C)CCC(C)C)ccc1N. The standard InChI is InChI=1S/C18H32N2O/c1-6-21-18-13-16(7-8-17(18)19)20(11-9-14(2)3)12-10-15(4)5/h7-8,13-15H,6,9-12,19H2,1-5H3. The molecule has 0 atom stereocenters. The van der Waals surface area contributed by atoms with Crippen LogP contribution in [-0.2, 0) is 0 Å². The van der Waals surface area contributed by atoms with Crippen LogP contribution in [0, 0.1) is 11.8 Å². The molecule has 0 spiro atoms. The highest BCUT2D eigenvalue weighted by molar-refractivity contribution is 5.62. The van der Waals surface area contributed by atoms with Gasteiger partial charge in [0.25, 0.3) is 0 Å². The maximum absolute atomic E-state index is 5.98. The van der Waals surface area contributed by atoms with E-state index >= 15 is 0 Å². The Morgan fingerprint density at radius 1 is 1.05 bits per heavy atom. The van der Waals surface area contributed by atoms with Gasteiger partial charge >= 0.3 is 0 Å². The first-order chi connectivity index (χ1) is 9.93. The number of nitrogens with two attached hydrogens (primary N) is 1. The molecular weight excluding hydrogens is 260 g/mol. The van der Waals surface area contributed by atoms with E-state index in [1.807, 2.05) is 13.0 Å². The van der Waals surface area contributed by atoms with E-state index in [9.17, 15) is 0 Å². The lowest BCUT2D eigenvalue weighted by atomic mass is 10.1. The molecule has 0 saturated heterocycles. The van der Waals surface area contributed by atoms with E-state index in [1.165, 1.54) is 18.5 Å². The van der Waals surface area contributed by atoms with E-state index in [1.54, 1.807) is 0 Å². The average molecular weight is 292 g/mol. The van der Waals surface area contributed by atoms with Gasteiger partial charge in [-0.15, -0.1) is 0 Å². The Labute approximate surface area is 130 Å². The van der Waals surface area contributed by atoms with Crippen molar-refractivity contribution in [1.29, 1.82) is 0 Å². The van der Waals surface area contributed by atoms with Crippen LogP contribution in [0.1, 0.15) is 47.5 Å². The summed E-state index contributed by atoms with van der Waals surface area (Å²) in [7, 11) is 0. The molecule has 0 unspecified atom stereocenters. The third-order valence-electron chi connectivity index (χ3n) is 3.61. The molecule has 1 rings (SSSR count). The molecule has 0 saturated carbocycles. The Hall–Kier alpha value is -1.38. The van der Waals surface area contributed by atoms with Crippen molar-refractivity contribution in [3.63, 3.8) is 0 Å². The minimum absolute atomic E-state index is 0.644. The summed E-state index contributed by atoms with van der Waals surface area (Å²) in [6.07, 6.45) is 2.40. The Balaban J connectivity index is 2.86. The van der Waals surface area contributed by atoms with Crippen LogP contribution in [0.3, 0.4) is 0 Å². The van der Waals surface area contributed by atoms with Gasteiger partial charge < -0.3 is 15.4 Å². The number of anilines is 2. The van der Waals surface area contributed by atoms with E-state index in [0.29, 0.717) is 24.1 Å². The molecule has 2 N–H and O–H groups in total. The topological polar surface area (TPSA) is 38.5 Å². The minimum atomic E-state index is 0.644. The van der Waals surface area contributed by atoms with Crippen LogP contribution in [-0.4, -0.2) is 19.7 Å². The second-order valence-electron chi connectivity index (χ2n) is 6.51. The van der Waals surface area contributed by atoms with Crippen LogP contribution in [0.15, 0.2) is 18.2 Å². The van der Waals surface area contributed by atoms with Gasteiger partial charge in [0.2, 0.25) is 0 Å². The van der Waals surface area contributed by atoms with Gasteiger partial charge in [0.15, 0.2) is 0 Å². The highest BCUT2D eigenvalue weighted by atomic mass is 16.5. The molecule has 0 bridgehead atoms. The molecule has 1 aromatic rings. The zero-order valence-electron chi connectivity index (χ0n) is 14.4. The maximum Gasteiger partial charge on any atom is 0.144 e. The van der Waals surface area contributed by atoms with E-state index in [4.69, 9.17) is 10.5 Å². The maximum atomic E-state index is 5.98. The first kappa shape index (κ1) is 17.7. The lowest BCUT2D eigenvalue weighted by molar-refractivity contribution is 0.342. The molecule has 1 aromatic carbocycles. The van der Waals surface area contributed by atoms with Gasteiger partial charge in [-0.2, -0.15) is 0 Å². The van der Waals surface area contributed by atoms with Crippen LogP contribution < -0.4 is 15.4 Å². The second kappa shape index (κ2) is 8.81.